The molecule has 136 valence electrons. The number of fused-ring (bicyclic) bond motifs is 1. The zero-order valence-electron chi connectivity index (χ0n) is 14.7. The number of nitrogens with zero attached hydrogens (tertiary/aromatic N) is 4. The van der Waals surface area contributed by atoms with Crippen LogP contribution in [0.4, 0.5) is 5.69 Å². The third-order valence-corrected chi connectivity index (χ3v) is 5.06. The van der Waals surface area contributed by atoms with E-state index in [-0.39, 0.29) is 5.56 Å². The number of rotatable bonds is 3. The van der Waals surface area contributed by atoms with Crippen molar-refractivity contribution in [3.63, 3.8) is 0 Å². The molecule has 0 spiro atoms. The Morgan fingerprint density at radius 2 is 1.93 bits per heavy atom. The highest BCUT2D eigenvalue weighted by Gasteiger charge is 2.20. The molecule has 0 radical (unpaired) electrons. The van der Waals surface area contributed by atoms with Crippen molar-refractivity contribution in [2.45, 2.75) is 6.54 Å². The lowest BCUT2D eigenvalue weighted by Crippen LogP contribution is -2.46. The van der Waals surface area contributed by atoms with Crippen LogP contribution in [0, 0.1) is 11.3 Å². The summed E-state index contributed by atoms with van der Waals surface area (Å²) in [5.41, 5.74) is 2.12. The quantitative estimate of drug-likeness (QED) is 0.757. The number of halogens is 1. The lowest BCUT2D eigenvalue weighted by molar-refractivity contribution is 0.244. The molecule has 0 aliphatic carbocycles. The van der Waals surface area contributed by atoms with Gasteiger partial charge in [0.15, 0.2) is 0 Å². The Hall–Kier alpha value is -2.88. The van der Waals surface area contributed by atoms with Gasteiger partial charge in [-0.2, -0.15) is 5.26 Å². The van der Waals surface area contributed by atoms with E-state index in [1.54, 1.807) is 12.1 Å². The number of para-hydroxylation sites is 1. The summed E-state index contributed by atoms with van der Waals surface area (Å²) >= 11 is 5.99. The molecule has 1 fully saturated rings. The van der Waals surface area contributed by atoms with E-state index in [9.17, 15) is 10.1 Å². The number of hydrogen-bond acceptors (Lipinski definition) is 5. The topological polar surface area (TPSA) is 76.0 Å². The van der Waals surface area contributed by atoms with Crippen molar-refractivity contribution >= 4 is 28.2 Å². The molecule has 0 bridgehead atoms. The van der Waals surface area contributed by atoms with Crippen molar-refractivity contribution in [1.82, 2.24) is 14.9 Å². The van der Waals surface area contributed by atoms with Crippen LogP contribution in [-0.4, -0.2) is 41.0 Å². The average Bonchev–Trinajstić information content (AvgIpc) is 2.69. The first-order valence-electron chi connectivity index (χ1n) is 8.79. The molecule has 3 aromatic rings. The van der Waals surface area contributed by atoms with Gasteiger partial charge in [-0.25, -0.2) is 4.98 Å². The molecular formula is C20H18ClN5O. The summed E-state index contributed by atoms with van der Waals surface area (Å²) in [7, 11) is 0. The number of aromatic nitrogens is 2. The highest BCUT2D eigenvalue weighted by Crippen LogP contribution is 2.25. The van der Waals surface area contributed by atoms with Crippen LogP contribution in [0.1, 0.15) is 11.4 Å². The summed E-state index contributed by atoms with van der Waals surface area (Å²) in [5.74, 6) is 0.677. The summed E-state index contributed by atoms with van der Waals surface area (Å²) in [5, 5.41) is 10.5. The Bertz CT molecular complexity index is 1080. The molecule has 1 aromatic heterocycles. The molecule has 1 aliphatic rings. The van der Waals surface area contributed by atoms with Gasteiger partial charge < -0.3 is 9.88 Å². The Labute approximate surface area is 161 Å². The number of piperazine rings is 1. The zero-order chi connectivity index (χ0) is 18.8. The van der Waals surface area contributed by atoms with Crippen LogP contribution in [0.25, 0.3) is 10.9 Å². The van der Waals surface area contributed by atoms with Crippen molar-refractivity contribution in [1.29, 1.82) is 5.26 Å². The maximum Gasteiger partial charge on any atom is 0.258 e. The van der Waals surface area contributed by atoms with Crippen LogP contribution in [0.3, 0.4) is 0 Å². The first kappa shape index (κ1) is 17.5. The minimum Gasteiger partial charge on any atom is -0.368 e. The standard InChI is InChI=1S/C20H18ClN5O/c21-15-5-6-18(14(11-15)12-22)26-9-7-25(8-10-26)13-19-23-17-4-2-1-3-16(17)20(27)24-19/h1-6,11H,7-10,13H2,(H,23,24,27). The first-order valence-corrected chi connectivity index (χ1v) is 9.17. The second kappa shape index (κ2) is 7.39. The number of aromatic amines is 1. The van der Waals surface area contributed by atoms with E-state index in [1.165, 1.54) is 0 Å². The fraction of sp³-hybridized carbons (Fsp3) is 0.250. The summed E-state index contributed by atoms with van der Waals surface area (Å²) < 4.78 is 0. The van der Waals surface area contributed by atoms with E-state index >= 15 is 0 Å². The second-order valence-electron chi connectivity index (χ2n) is 6.57. The molecule has 0 atom stereocenters. The number of nitriles is 1. The number of benzene rings is 2. The molecule has 4 rings (SSSR count). The normalized spacial score (nSPS) is 15.0. The highest BCUT2D eigenvalue weighted by molar-refractivity contribution is 6.30. The molecule has 6 nitrogen and oxygen atoms in total. The molecule has 1 aliphatic heterocycles. The Morgan fingerprint density at radius 1 is 1.15 bits per heavy atom. The summed E-state index contributed by atoms with van der Waals surface area (Å²) in [6.45, 7) is 3.84. The van der Waals surface area contributed by atoms with Crippen LogP contribution in [-0.2, 0) is 6.54 Å². The van der Waals surface area contributed by atoms with Gasteiger partial charge in [0.1, 0.15) is 11.9 Å². The second-order valence-corrected chi connectivity index (χ2v) is 7.00. The largest absolute Gasteiger partial charge is 0.368 e. The number of H-pyrrole nitrogens is 1. The first-order chi connectivity index (χ1) is 13.1. The molecule has 2 heterocycles. The van der Waals surface area contributed by atoms with Crippen LogP contribution < -0.4 is 10.5 Å². The van der Waals surface area contributed by atoms with E-state index in [2.05, 4.69) is 25.8 Å². The Balaban J connectivity index is 1.46. The van der Waals surface area contributed by atoms with E-state index in [0.717, 1.165) is 37.4 Å². The lowest BCUT2D eigenvalue weighted by atomic mass is 10.1. The van der Waals surface area contributed by atoms with Gasteiger partial charge in [-0.15, -0.1) is 0 Å². The molecule has 27 heavy (non-hydrogen) atoms. The van der Waals surface area contributed by atoms with Crippen molar-refractivity contribution in [2.24, 2.45) is 0 Å². The number of nitrogens with one attached hydrogen (secondary N) is 1. The molecule has 2 aromatic carbocycles. The van der Waals surface area contributed by atoms with Gasteiger partial charge in [0.05, 0.1) is 28.7 Å². The summed E-state index contributed by atoms with van der Waals surface area (Å²) in [6.07, 6.45) is 0. The van der Waals surface area contributed by atoms with Gasteiger partial charge in [0.2, 0.25) is 0 Å². The van der Waals surface area contributed by atoms with Crippen molar-refractivity contribution in [2.75, 3.05) is 31.1 Å². The van der Waals surface area contributed by atoms with Crippen molar-refractivity contribution in [3.05, 3.63) is 69.2 Å². The molecular weight excluding hydrogens is 362 g/mol. The van der Waals surface area contributed by atoms with E-state index in [0.29, 0.717) is 28.3 Å². The van der Waals surface area contributed by atoms with E-state index < -0.39 is 0 Å². The summed E-state index contributed by atoms with van der Waals surface area (Å²) in [6, 6.07) is 15.0. The molecule has 7 heteroatoms. The van der Waals surface area contributed by atoms with Crippen LogP contribution in [0.15, 0.2) is 47.3 Å². The Morgan fingerprint density at radius 3 is 2.70 bits per heavy atom. The van der Waals surface area contributed by atoms with Crippen LogP contribution in [0.2, 0.25) is 5.02 Å². The van der Waals surface area contributed by atoms with Gasteiger partial charge in [0, 0.05) is 31.2 Å². The average molecular weight is 380 g/mol. The predicted octanol–water partition coefficient (Wildman–Crippen LogP) is 2.77. The SMILES string of the molecule is N#Cc1cc(Cl)ccc1N1CCN(Cc2nc3ccccc3c(=O)[nH]2)CC1. The highest BCUT2D eigenvalue weighted by atomic mass is 35.5. The Kier molecular flexibility index (Phi) is 4.80. The predicted molar refractivity (Wildman–Crippen MR) is 106 cm³/mol. The smallest absolute Gasteiger partial charge is 0.258 e. The number of hydrogen-bond donors (Lipinski definition) is 1. The summed E-state index contributed by atoms with van der Waals surface area (Å²) in [4.78, 5) is 24.1. The third-order valence-electron chi connectivity index (χ3n) is 4.83. The maximum absolute atomic E-state index is 12.2. The van der Waals surface area contributed by atoms with Gasteiger partial charge in [-0.3, -0.25) is 9.69 Å². The van der Waals surface area contributed by atoms with E-state index in [1.807, 2.05) is 30.3 Å². The van der Waals surface area contributed by atoms with Gasteiger partial charge in [-0.05, 0) is 30.3 Å². The van der Waals surface area contributed by atoms with E-state index in [4.69, 9.17) is 11.6 Å². The molecule has 0 unspecified atom stereocenters. The molecule has 1 N–H and O–H groups in total. The minimum atomic E-state index is -0.103. The molecule has 0 amide bonds. The van der Waals surface area contributed by atoms with Gasteiger partial charge >= 0.3 is 0 Å². The van der Waals surface area contributed by atoms with Crippen molar-refractivity contribution in [3.8, 4) is 6.07 Å². The minimum absolute atomic E-state index is 0.103. The monoisotopic (exact) mass is 379 g/mol. The fourth-order valence-corrected chi connectivity index (χ4v) is 3.61. The van der Waals surface area contributed by atoms with Crippen LogP contribution in [0.5, 0.6) is 0 Å². The molecule has 0 saturated carbocycles. The third kappa shape index (κ3) is 3.65. The van der Waals surface area contributed by atoms with Gasteiger partial charge in [0.25, 0.3) is 5.56 Å². The lowest BCUT2D eigenvalue weighted by Gasteiger charge is -2.36. The van der Waals surface area contributed by atoms with Crippen molar-refractivity contribution < 1.29 is 0 Å². The van der Waals surface area contributed by atoms with Gasteiger partial charge in [-0.1, -0.05) is 23.7 Å². The molecule has 1 saturated heterocycles. The van der Waals surface area contributed by atoms with Crippen LogP contribution >= 0.6 is 11.6 Å². The fourth-order valence-electron chi connectivity index (χ4n) is 3.44. The zero-order valence-corrected chi connectivity index (χ0v) is 15.4. The maximum atomic E-state index is 12.2. The number of anilines is 1.